The maximum absolute atomic E-state index is 2.75. The zero-order valence-corrected chi connectivity index (χ0v) is 51.5. The lowest BCUT2D eigenvalue weighted by Crippen LogP contribution is -2.60. The molecule has 2 aliphatic heterocycles. The van der Waals surface area contributed by atoms with Crippen molar-refractivity contribution in [3.05, 3.63) is 228 Å². The molecule has 0 bridgehead atoms. The van der Waals surface area contributed by atoms with E-state index in [9.17, 15) is 0 Å². The van der Waals surface area contributed by atoms with Gasteiger partial charge in [0.05, 0.1) is 11.4 Å². The first kappa shape index (κ1) is 53.7. The smallest absolute Gasteiger partial charge is 0.343 e. The average Bonchev–Trinajstić information content (AvgIpc) is 1.26. The van der Waals surface area contributed by atoms with E-state index in [1.54, 1.807) is 0 Å². The number of benzene rings is 9. The lowest BCUT2D eigenvalue weighted by atomic mass is 9.46. The Balaban J connectivity index is 1.16. The Kier molecular flexibility index (Phi) is 12.6. The molecule has 82 heavy (non-hydrogen) atoms. The van der Waals surface area contributed by atoms with Crippen LogP contribution in [0.4, 0.5) is 45.5 Å². The summed E-state index contributed by atoms with van der Waals surface area (Å²) in [5.74, 6) is 0. The number of hydrogen-bond acceptors (Lipinski definition) is 4. The van der Waals surface area contributed by atoms with Crippen molar-refractivity contribution in [2.75, 3.05) is 14.6 Å². The summed E-state index contributed by atoms with van der Waals surface area (Å²) in [5, 5.41) is 1.27. The van der Waals surface area contributed by atoms with Gasteiger partial charge < -0.3 is 14.6 Å². The molecular formula is C77H78BN3S. The van der Waals surface area contributed by atoms with Crippen molar-refractivity contribution in [3.8, 4) is 33.4 Å². The Labute approximate surface area is 493 Å². The van der Waals surface area contributed by atoms with Crippen molar-refractivity contribution < 1.29 is 0 Å². The molecule has 0 amide bonds. The van der Waals surface area contributed by atoms with E-state index in [1.165, 1.54) is 122 Å². The Morgan fingerprint density at radius 1 is 0.451 bits per heavy atom. The summed E-state index contributed by atoms with van der Waals surface area (Å²) in [4.78, 5) is 7.92. The number of fused-ring (bicyclic) bond motifs is 7. The third kappa shape index (κ3) is 9.01. The summed E-state index contributed by atoms with van der Waals surface area (Å²) in [6, 6.07) is 75.2. The van der Waals surface area contributed by atoms with Crippen molar-refractivity contribution in [2.24, 2.45) is 0 Å². The van der Waals surface area contributed by atoms with Crippen LogP contribution in [0.2, 0.25) is 0 Å². The van der Waals surface area contributed by atoms with Gasteiger partial charge in [-0.1, -0.05) is 199 Å². The Morgan fingerprint density at radius 2 is 1.02 bits per heavy atom. The van der Waals surface area contributed by atoms with E-state index in [0.717, 1.165) is 23.5 Å². The first-order chi connectivity index (χ1) is 39.0. The van der Waals surface area contributed by atoms with Gasteiger partial charge in [-0.25, -0.2) is 0 Å². The standard InChI is InChI=1S/C77H78BN3S/c1-49-22-18-19-25-59(49)51-44-63-62-47-57(79(55-33-28-52(29-34-55)73(2,3)4)56-35-30-53(31-36-56)74(5,6)7)38-41-67(62)81(58-37-39-64-65(48-58)77(13,14)43-42-76(64,11)12)78-70(63)68(45-51)80(71-60-26-20-21-27-69(60)82-72(71)78)66-40-32-54(75(8,9)10)46-61(66)50-23-16-15-17-24-50/h15-41,44-48H,42-43H2,1-14H3. The van der Waals surface area contributed by atoms with Crippen LogP contribution in [-0.2, 0) is 27.1 Å². The van der Waals surface area contributed by atoms with Crippen molar-refractivity contribution in [1.82, 2.24) is 0 Å². The SMILES string of the molecule is Cc1ccccc1-c1cc2c3c(c1)N(c1ccc(C(C)(C)C)cc1-c1ccccc1)c1c(sc4ccccc14)B3N(c1ccc3c(c1)C(C)(C)CCC3(C)C)c1ccc(N(c3ccc(C(C)(C)C)cc3)c3ccc(C(C)(C)C)cc3)cc1-2. The zero-order valence-electron chi connectivity index (χ0n) is 50.7. The predicted molar refractivity (Wildman–Crippen MR) is 357 cm³/mol. The molecule has 410 valence electrons. The zero-order chi connectivity index (χ0) is 57.4. The maximum Gasteiger partial charge on any atom is 0.343 e. The molecule has 0 radical (unpaired) electrons. The van der Waals surface area contributed by atoms with Crippen LogP contribution in [0, 0.1) is 6.92 Å². The fourth-order valence-electron chi connectivity index (χ4n) is 13.6. The van der Waals surface area contributed by atoms with Gasteiger partial charge in [0.25, 0.3) is 0 Å². The second kappa shape index (κ2) is 19.2. The van der Waals surface area contributed by atoms with Crippen LogP contribution in [0.3, 0.4) is 0 Å². The molecule has 5 heteroatoms. The van der Waals surface area contributed by atoms with Gasteiger partial charge in [0, 0.05) is 60.1 Å². The first-order valence-corrected chi connectivity index (χ1v) is 30.6. The normalized spacial score (nSPS) is 15.2. The van der Waals surface area contributed by atoms with Gasteiger partial charge in [-0.3, -0.25) is 0 Å². The fourth-order valence-corrected chi connectivity index (χ4v) is 14.8. The number of aryl methyl sites for hydroxylation is 1. The van der Waals surface area contributed by atoms with Crippen molar-refractivity contribution >= 4 is 84.0 Å². The second-order valence-corrected chi connectivity index (χ2v) is 29.3. The van der Waals surface area contributed by atoms with Crippen LogP contribution in [0.1, 0.15) is 136 Å². The molecular weight excluding hydrogens is 1010 g/mol. The molecule has 0 spiro atoms. The molecule has 0 saturated carbocycles. The van der Waals surface area contributed by atoms with Crippen molar-refractivity contribution in [2.45, 2.75) is 137 Å². The van der Waals surface area contributed by atoms with E-state index >= 15 is 0 Å². The molecule has 3 nitrogen and oxygen atoms in total. The van der Waals surface area contributed by atoms with Crippen molar-refractivity contribution in [3.63, 3.8) is 0 Å². The summed E-state index contributed by atoms with van der Waals surface area (Å²) in [6.07, 6.45) is 2.31. The van der Waals surface area contributed by atoms with Gasteiger partial charge in [0.1, 0.15) is 0 Å². The quantitative estimate of drug-likeness (QED) is 0.147. The molecule has 1 aromatic heterocycles. The summed E-state index contributed by atoms with van der Waals surface area (Å²) < 4.78 is 2.64. The number of hydrogen-bond donors (Lipinski definition) is 0. The molecule has 0 atom stereocenters. The molecule has 0 unspecified atom stereocenters. The van der Waals surface area contributed by atoms with Crippen LogP contribution in [-0.4, -0.2) is 6.85 Å². The van der Waals surface area contributed by atoms with Gasteiger partial charge >= 0.3 is 6.85 Å². The third-order valence-electron chi connectivity index (χ3n) is 18.5. The minimum absolute atomic E-state index is 0.0135. The van der Waals surface area contributed by atoms with Crippen LogP contribution in [0.25, 0.3) is 43.5 Å². The Morgan fingerprint density at radius 3 is 1.67 bits per heavy atom. The highest BCUT2D eigenvalue weighted by molar-refractivity contribution is 7.32. The summed E-state index contributed by atoms with van der Waals surface area (Å²) in [7, 11) is 0. The van der Waals surface area contributed by atoms with E-state index < -0.39 is 0 Å². The van der Waals surface area contributed by atoms with Crippen LogP contribution < -0.4 is 24.9 Å². The van der Waals surface area contributed by atoms with Gasteiger partial charge in [-0.05, 0) is 193 Å². The average molecular weight is 1090 g/mol. The molecule has 10 aromatic rings. The van der Waals surface area contributed by atoms with E-state index in [1.807, 2.05) is 11.3 Å². The second-order valence-electron chi connectivity index (χ2n) is 28.2. The van der Waals surface area contributed by atoms with Crippen LogP contribution >= 0.6 is 11.3 Å². The highest BCUT2D eigenvalue weighted by Gasteiger charge is 2.48. The number of rotatable bonds is 7. The predicted octanol–water partition coefficient (Wildman–Crippen LogP) is 21.0. The maximum atomic E-state index is 2.75. The Bertz CT molecular complexity index is 4070. The van der Waals surface area contributed by atoms with Gasteiger partial charge in [0.15, 0.2) is 0 Å². The minimum Gasteiger partial charge on any atom is -0.376 e. The third-order valence-corrected chi connectivity index (χ3v) is 19.7. The van der Waals surface area contributed by atoms with E-state index in [2.05, 4.69) is 306 Å². The van der Waals surface area contributed by atoms with Gasteiger partial charge in [0.2, 0.25) is 0 Å². The number of nitrogens with zero attached hydrogens (tertiary/aromatic N) is 3. The number of thiophene rings is 1. The monoisotopic (exact) mass is 1090 g/mol. The molecule has 0 N–H and O–H groups in total. The molecule has 9 aromatic carbocycles. The van der Waals surface area contributed by atoms with Gasteiger partial charge in [-0.15, -0.1) is 11.3 Å². The lowest BCUT2D eigenvalue weighted by Gasteiger charge is -2.46. The molecule has 0 saturated heterocycles. The largest absolute Gasteiger partial charge is 0.376 e. The summed E-state index contributed by atoms with van der Waals surface area (Å²) in [5.41, 5.74) is 26.4. The topological polar surface area (TPSA) is 9.72 Å². The first-order valence-electron chi connectivity index (χ1n) is 29.8. The Hall–Kier alpha value is -7.60. The number of anilines is 8. The van der Waals surface area contributed by atoms with Crippen LogP contribution in [0.15, 0.2) is 194 Å². The highest BCUT2D eigenvalue weighted by Crippen LogP contribution is 2.55. The molecule has 3 aliphatic rings. The van der Waals surface area contributed by atoms with Gasteiger partial charge in [-0.2, -0.15) is 0 Å². The minimum atomic E-state index is -0.143. The van der Waals surface area contributed by atoms with E-state index in [0.29, 0.717) is 0 Å². The summed E-state index contributed by atoms with van der Waals surface area (Å²) in [6.45, 7) is 32.8. The molecule has 13 rings (SSSR count). The lowest BCUT2D eigenvalue weighted by molar-refractivity contribution is 0.332. The molecule has 3 heterocycles. The van der Waals surface area contributed by atoms with Crippen molar-refractivity contribution in [1.29, 1.82) is 0 Å². The molecule has 0 fully saturated rings. The molecule has 1 aliphatic carbocycles. The van der Waals surface area contributed by atoms with E-state index in [4.69, 9.17) is 0 Å². The highest BCUT2D eigenvalue weighted by atomic mass is 32.1. The summed E-state index contributed by atoms with van der Waals surface area (Å²) >= 11 is 1.97. The fraction of sp³-hybridized carbons (Fsp3) is 0.273. The van der Waals surface area contributed by atoms with E-state index in [-0.39, 0.29) is 33.9 Å². The van der Waals surface area contributed by atoms with Crippen LogP contribution in [0.5, 0.6) is 0 Å².